The fourth-order valence-corrected chi connectivity index (χ4v) is 1.28. The van der Waals surface area contributed by atoms with E-state index >= 15 is 0 Å². The van der Waals surface area contributed by atoms with Crippen LogP contribution in [0.15, 0.2) is 24.3 Å². The van der Waals surface area contributed by atoms with E-state index in [1.807, 2.05) is 52.9 Å². The summed E-state index contributed by atoms with van der Waals surface area (Å²) in [7, 11) is 1.99. The molecule has 4 heteroatoms. The zero-order valence-corrected chi connectivity index (χ0v) is 10.3. The number of benzene rings is 1. The van der Waals surface area contributed by atoms with E-state index in [2.05, 4.69) is 0 Å². The Kier molecular flexibility index (Phi) is 3.76. The molecule has 0 aliphatic rings. The smallest absolute Gasteiger partial charge is 0.328 e. The maximum absolute atomic E-state index is 11.7. The average Bonchev–Trinajstić information content (AvgIpc) is 2.15. The van der Waals surface area contributed by atoms with Crippen LogP contribution in [-0.2, 0) is 9.53 Å². The van der Waals surface area contributed by atoms with Crippen LogP contribution >= 0.6 is 0 Å². The third-order valence-corrected chi connectivity index (χ3v) is 2.10. The van der Waals surface area contributed by atoms with Crippen molar-refractivity contribution in [2.24, 2.45) is 5.73 Å². The highest BCUT2D eigenvalue weighted by molar-refractivity contribution is 6.32. The van der Waals surface area contributed by atoms with Crippen molar-refractivity contribution in [3.05, 3.63) is 29.8 Å². The first kappa shape index (κ1) is 12.8. The molecule has 0 aliphatic carbocycles. The lowest BCUT2D eigenvalue weighted by molar-refractivity contribution is -0.156. The van der Waals surface area contributed by atoms with Crippen molar-refractivity contribution in [2.75, 3.05) is 0 Å². The van der Waals surface area contributed by atoms with Crippen molar-refractivity contribution < 1.29 is 9.53 Å². The van der Waals surface area contributed by atoms with Crippen LogP contribution in [0.5, 0.6) is 0 Å². The number of hydrogen-bond acceptors (Lipinski definition) is 3. The van der Waals surface area contributed by atoms with Crippen LogP contribution in [0.3, 0.4) is 0 Å². The normalized spacial score (nSPS) is 13.2. The van der Waals surface area contributed by atoms with E-state index in [9.17, 15) is 4.79 Å². The maximum atomic E-state index is 11.7. The molecule has 1 unspecified atom stereocenters. The molecule has 0 saturated heterocycles. The van der Waals surface area contributed by atoms with Gasteiger partial charge in [0.1, 0.15) is 19.5 Å². The minimum Gasteiger partial charge on any atom is -0.459 e. The zero-order valence-electron chi connectivity index (χ0n) is 10.3. The minimum absolute atomic E-state index is 0.392. The van der Waals surface area contributed by atoms with Gasteiger partial charge in [-0.1, -0.05) is 29.7 Å². The molecule has 1 rings (SSSR count). The summed E-state index contributed by atoms with van der Waals surface area (Å²) < 4.78 is 5.22. The minimum atomic E-state index is -0.708. The van der Waals surface area contributed by atoms with Gasteiger partial charge in [-0.15, -0.1) is 0 Å². The Hall–Kier alpha value is -1.29. The van der Waals surface area contributed by atoms with E-state index in [1.165, 1.54) is 0 Å². The van der Waals surface area contributed by atoms with Crippen molar-refractivity contribution in [1.29, 1.82) is 0 Å². The topological polar surface area (TPSA) is 52.3 Å². The van der Waals surface area contributed by atoms with E-state index < -0.39 is 17.6 Å². The van der Waals surface area contributed by atoms with Crippen molar-refractivity contribution >= 4 is 19.3 Å². The standard InChI is InChI=1S/C12H18BNO2/c1-12(2,3)16-11(15)10(14)8-4-6-9(13)7-5-8/h4-7,10H,13-14H2,1-3H3. The molecule has 0 saturated carbocycles. The summed E-state index contributed by atoms with van der Waals surface area (Å²) in [4.78, 5) is 11.7. The van der Waals surface area contributed by atoms with Crippen LogP contribution in [0.4, 0.5) is 0 Å². The molecule has 0 fully saturated rings. The molecule has 1 aromatic rings. The molecule has 0 radical (unpaired) electrons. The van der Waals surface area contributed by atoms with Crippen LogP contribution < -0.4 is 11.2 Å². The molecule has 16 heavy (non-hydrogen) atoms. The number of ether oxygens (including phenoxy) is 1. The van der Waals surface area contributed by atoms with Gasteiger partial charge < -0.3 is 10.5 Å². The first-order valence-corrected chi connectivity index (χ1v) is 5.34. The SMILES string of the molecule is Bc1ccc(C(N)C(=O)OC(C)(C)C)cc1. The van der Waals surface area contributed by atoms with Gasteiger partial charge in [-0.05, 0) is 26.3 Å². The van der Waals surface area contributed by atoms with Crippen LogP contribution in [0, 0.1) is 0 Å². The van der Waals surface area contributed by atoms with Crippen LogP contribution in [0.1, 0.15) is 32.4 Å². The van der Waals surface area contributed by atoms with Crippen molar-refractivity contribution in [1.82, 2.24) is 0 Å². The molecule has 2 N–H and O–H groups in total. The number of rotatable bonds is 2. The maximum Gasteiger partial charge on any atom is 0.328 e. The fourth-order valence-electron chi connectivity index (χ4n) is 1.28. The summed E-state index contributed by atoms with van der Waals surface area (Å²) in [5.41, 5.74) is 7.24. The van der Waals surface area contributed by atoms with E-state index in [1.54, 1.807) is 0 Å². The van der Waals surface area contributed by atoms with E-state index in [4.69, 9.17) is 10.5 Å². The molecule has 1 atom stereocenters. The summed E-state index contributed by atoms with van der Waals surface area (Å²) in [5, 5.41) is 0. The third-order valence-electron chi connectivity index (χ3n) is 2.10. The van der Waals surface area contributed by atoms with Gasteiger partial charge in [0, 0.05) is 0 Å². The molecule has 3 nitrogen and oxygen atoms in total. The summed E-state index contributed by atoms with van der Waals surface area (Å²) in [6.45, 7) is 5.48. The van der Waals surface area contributed by atoms with E-state index in [0.717, 1.165) is 11.0 Å². The lowest BCUT2D eigenvalue weighted by Crippen LogP contribution is -2.31. The van der Waals surface area contributed by atoms with Gasteiger partial charge in [-0.3, -0.25) is 0 Å². The summed E-state index contributed by atoms with van der Waals surface area (Å²) in [6, 6.07) is 6.85. The highest BCUT2D eigenvalue weighted by Crippen LogP contribution is 2.15. The Morgan fingerprint density at radius 2 is 1.81 bits per heavy atom. The predicted molar refractivity (Wildman–Crippen MR) is 67.4 cm³/mol. The average molecular weight is 219 g/mol. The second-order valence-corrected chi connectivity index (χ2v) is 4.92. The molecular formula is C12H18BNO2. The van der Waals surface area contributed by atoms with Gasteiger partial charge in [0.05, 0.1) is 0 Å². The highest BCUT2D eigenvalue weighted by Gasteiger charge is 2.23. The second-order valence-electron chi connectivity index (χ2n) is 4.92. The van der Waals surface area contributed by atoms with Gasteiger partial charge in [0.15, 0.2) is 0 Å². The Labute approximate surface area is 97.4 Å². The molecule has 0 aromatic heterocycles. The van der Waals surface area contributed by atoms with Crippen molar-refractivity contribution in [3.63, 3.8) is 0 Å². The van der Waals surface area contributed by atoms with Gasteiger partial charge in [0.25, 0.3) is 0 Å². The monoisotopic (exact) mass is 219 g/mol. The van der Waals surface area contributed by atoms with Crippen LogP contribution in [-0.4, -0.2) is 19.4 Å². The summed E-state index contributed by atoms with van der Waals surface area (Å²) in [5.74, 6) is -0.392. The molecule has 0 aliphatic heterocycles. The molecular weight excluding hydrogens is 201 g/mol. The summed E-state index contributed by atoms with van der Waals surface area (Å²) >= 11 is 0. The van der Waals surface area contributed by atoms with Crippen molar-refractivity contribution in [2.45, 2.75) is 32.4 Å². The van der Waals surface area contributed by atoms with E-state index in [0.29, 0.717) is 0 Å². The Morgan fingerprint density at radius 1 is 1.31 bits per heavy atom. The second kappa shape index (κ2) is 4.70. The largest absolute Gasteiger partial charge is 0.459 e. The third kappa shape index (κ3) is 3.70. The Morgan fingerprint density at radius 3 is 2.25 bits per heavy atom. The van der Waals surface area contributed by atoms with Gasteiger partial charge in [-0.25, -0.2) is 4.79 Å². The van der Waals surface area contributed by atoms with Gasteiger partial charge in [0.2, 0.25) is 0 Å². The molecule has 0 heterocycles. The van der Waals surface area contributed by atoms with Gasteiger partial charge in [-0.2, -0.15) is 0 Å². The van der Waals surface area contributed by atoms with Crippen LogP contribution in [0.2, 0.25) is 0 Å². The Bertz CT molecular complexity index is 368. The zero-order chi connectivity index (χ0) is 12.3. The number of nitrogens with two attached hydrogens (primary N) is 1. The van der Waals surface area contributed by atoms with Crippen molar-refractivity contribution in [3.8, 4) is 0 Å². The number of esters is 1. The lowest BCUT2D eigenvalue weighted by atomic mass is 9.94. The number of carbonyl (C=O) groups is 1. The fraction of sp³-hybridized carbons (Fsp3) is 0.417. The first-order chi connectivity index (χ1) is 7.29. The predicted octanol–water partition coefficient (Wildman–Crippen LogP) is 0.286. The molecule has 0 bridgehead atoms. The molecule has 1 aromatic carbocycles. The lowest BCUT2D eigenvalue weighted by Gasteiger charge is -2.22. The summed E-state index contributed by atoms with van der Waals surface area (Å²) in [6.07, 6.45) is 0. The molecule has 0 amide bonds. The van der Waals surface area contributed by atoms with Gasteiger partial charge >= 0.3 is 5.97 Å². The Balaban J connectivity index is 2.74. The molecule has 0 spiro atoms. The number of hydrogen-bond donors (Lipinski definition) is 1. The first-order valence-electron chi connectivity index (χ1n) is 5.34. The van der Waals surface area contributed by atoms with E-state index in [-0.39, 0.29) is 0 Å². The number of carbonyl (C=O) groups excluding carboxylic acids is 1. The van der Waals surface area contributed by atoms with Crippen LogP contribution in [0.25, 0.3) is 0 Å². The molecule has 86 valence electrons. The quantitative estimate of drug-likeness (QED) is 0.574. The highest BCUT2D eigenvalue weighted by atomic mass is 16.6.